The van der Waals surface area contributed by atoms with E-state index in [1.54, 1.807) is 0 Å². The van der Waals surface area contributed by atoms with Gasteiger partial charge in [0.05, 0.1) is 39.0 Å². The number of hydrogen-bond acceptors (Lipinski definition) is 3. The summed E-state index contributed by atoms with van der Waals surface area (Å²) in [5.74, 6) is -1.23. The van der Waals surface area contributed by atoms with Gasteiger partial charge in [-0.3, -0.25) is 14.5 Å². The van der Waals surface area contributed by atoms with E-state index < -0.39 is 11.8 Å². The number of likely N-dealkylation sites (N-methyl/N-ethyl adjacent to an activating group) is 1. The van der Waals surface area contributed by atoms with Crippen molar-refractivity contribution in [3.8, 4) is 6.07 Å². The second-order valence-corrected chi connectivity index (χ2v) is 9.11. The fourth-order valence-electron chi connectivity index (χ4n) is 4.86. The number of nitrogens with zero attached hydrogens (tertiary/aromatic N) is 3. The Morgan fingerprint density at radius 3 is 1.71 bits per heavy atom. The first-order valence-electron chi connectivity index (χ1n) is 10.8. The highest BCUT2D eigenvalue weighted by molar-refractivity contribution is 6.06. The average Bonchev–Trinajstić information content (AvgIpc) is 3.03. The van der Waals surface area contributed by atoms with Crippen molar-refractivity contribution in [2.45, 2.75) is 11.8 Å². The van der Waals surface area contributed by atoms with Crippen molar-refractivity contribution in [2.24, 2.45) is 11.8 Å². The predicted octanol–water partition coefficient (Wildman–Crippen LogP) is 3.32. The quantitative estimate of drug-likeness (QED) is 0.315. The molecule has 0 bridgehead atoms. The van der Waals surface area contributed by atoms with E-state index in [1.807, 2.05) is 74.8 Å². The van der Waals surface area contributed by atoms with Gasteiger partial charge in [-0.05, 0) is 11.1 Å². The summed E-state index contributed by atoms with van der Waals surface area (Å²) in [7, 11) is 3.89. The summed E-state index contributed by atoms with van der Waals surface area (Å²) in [5.41, 5.74) is 2.12. The minimum atomic E-state index is -0.406. The molecule has 0 N–H and O–H groups in total. The lowest BCUT2D eigenvalue weighted by Gasteiger charge is -2.32. The molecule has 2 aromatic carbocycles. The first-order valence-corrected chi connectivity index (χ1v) is 10.8. The average molecular weight is 415 g/mol. The minimum absolute atomic E-state index is 0.0916. The number of hydrogen-bond donors (Lipinski definition) is 0. The molecule has 5 heteroatoms. The number of nitriles is 1. The van der Waals surface area contributed by atoms with E-state index in [2.05, 4.69) is 18.2 Å². The zero-order chi connectivity index (χ0) is 22.0. The second kappa shape index (κ2) is 8.49. The number of amides is 2. The number of allylic oxidation sites excluding steroid dienone is 2. The highest BCUT2D eigenvalue weighted by Crippen LogP contribution is 2.49. The Kier molecular flexibility index (Phi) is 5.75. The summed E-state index contributed by atoms with van der Waals surface area (Å²) in [6.45, 7) is 1.23. The fourth-order valence-corrected chi connectivity index (χ4v) is 4.86. The highest BCUT2D eigenvalue weighted by atomic mass is 16.2. The molecule has 158 valence electrons. The standard InChI is InChI=1S/C26H28N3O2/c1-29(2,17-15-27)18-16-28-25(30)23-21(19-9-5-3-6-10-19)13-14-22(24(23)26(28)31)20-11-7-4-8-12-20/h3-14,21-24H,16-18H2,1-2H3/q+1/t21-,22-,23+,24+/m1/s1. The molecule has 2 aromatic rings. The first kappa shape index (κ1) is 21.0. The Bertz CT molecular complexity index is 956. The van der Waals surface area contributed by atoms with Gasteiger partial charge in [0.1, 0.15) is 6.07 Å². The van der Waals surface area contributed by atoms with Crippen molar-refractivity contribution in [3.05, 3.63) is 83.9 Å². The maximum Gasteiger partial charge on any atom is 0.234 e. The van der Waals surface area contributed by atoms with E-state index in [0.29, 0.717) is 24.1 Å². The summed E-state index contributed by atoms with van der Waals surface area (Å²) in [5, 5.41) is 9.07. The molecule has 1 fully saturated rings. The minimum Gasteiger partial charge on any atom is -0.315 e. The molecular weight excluding hydrogens is 386 g/mol. The van der Waals surface area contributed by atoms with E-state index in [0.717, 1.165) is 11.1 Å². The van der Waals surface area contributed by atoms with Crippen LogP contribution in [0.5, 0.6) is 0 Å². The second-order valence-electron chi connectivity index (χ2n) is 9.11. The van der Waals surface area contributed by atoms with Crippen LogP contribution in [0.3, 0.4) is 0 Å². The normalized spacial score (nSPS) is 25.4. The number of imide groups is 1. The summed E-state index contributed by atoms with van der Waals surface area (Å²) < 4.78 is 0.450. The lowest BCUT2D eigenvalue weighted by atomic mass is 9.68. The number of quaternary nitrogens is 1. The Morgan fingerprint density at radius 1 is 0.839 bits per heavy atom. The van der Waals surface area contributed by atoms with Crippen LogP contribution in [-0.2, 0) is 9.59 Å². The number of carbonyl (C=O) groups excluding carboxylic acids is 2. The van der Waals surface area contributed by atoms with Gasteiger partial charge >= 0.3 is 0 Å². The number of rotatable bonds is 6. The van der Waals surface area contributed by atoms with Gasteiger partial charge < -0.3 is 4.48 Å². The van der Waals surface area contributed by atoms with Gasteiger partial charge in [-0.2, -0.15) is 5.26 Å². The van der Waals surface area contributed by atoms with Crippen LogP contribution in [0, 0.1) is 23.2 Å². The summed E-state index contributed by atoms with van der Waals surface area (Å²) in [6, 6.07) is 22.1. The molecule has 1 aliphatic carbocycles. The summed E-state index contributed by atoms with van der Waals surface area (Å²) >= 11 is 0. The van der Waals surface area contributed by atoms with Crippen molar-refractivity contribution in [1.29, 1.82) is 5.26 Å². The van der Waals surface area contributed by atoms with Crippen molar-refractivity contribution < 1.29 is 14.1 Å². The van der Waals surface area contributed by atoms with E-state index in [-0.39, 0.29) is 23.7 Å². The van der Waals surface area contributed by atoms with Gasteiger partial charge in [0.2, 0.25) is 11.8 Å². The third-order valence-corrected chi connectivity index (χ3v) is 6.59. The zero-order valence-electron chi connectivity index (χ0n) is 18.0. The van der Waals surface area contributed by atoms with E-state index in [1.165, 1.54) is 4.90 Å². The molecule has 1 heterocycles. The van der Waals surface area contributed by atoms with Crippen molar-refractivity contribution in [1.82, 2.24) is 4.90 Å². The fraction of sp³-hybridized carbons (Fsp3) is 0.346. The van der Waals surface area contributed by atoms with E-state index in [4.69, 9.17) is 5.26 Å². The van der Waals surface area contributed by atoms with E-state index in [9.17, 15) is 9.59 Å². The van der Waals surface area contributed by atoms with Crippen LogP contribution in [-0.4, -0.2) is 54.9 Å². The molecule has 5 nitrogen and oxygen atoms in total. The Hall–Kier alpha value is -3.23. The Morgan fingerprint density at radius 2 is 1.29 bits per heavy atom. The van der Waals surface area contributed by atoms with Crippen LogP contribution in [0.25, 0.3) is 0 Å². The van der Waals surface area contributed by atoms with Gasteiger partial charge in [0, 0.05) is 11.8 Å². The maximum absolute atomic E-state index is 13.6. The molecule has 31 heavy (non-hydrogen) atoms. The van der Waals surface area contributed by atoms with Crippen molar-refractivity contribution >= 4 is 11.8 Å². The molecule has 4 rings (SSSR count). The molecule has 1 saturated heterocycles. The van der Waals surface area contributed by atoms with Gasteiger partial charge in [-0.15, -0.1) is 0 Å². The van der Waals surface area contributed by atoms with Crippen LogP contribution in [0.15, 0.2) is 72.8 Å². The molecule has 0 saturated carbocycles. The monoisotopic (exact) mass is 414 g/mol. The smallest absolute Gasteiger partial charge is 0.234 e. The van der Waals surface area contributed by atoms with Gasteiger partial charge in [0.25, 0.3) is 0 Å². The predicted molar refractivity (Wildman–Crippen MR) is 119 cm³/mol. The molecule has 0 aromatic heterocycles. The lowest BCUT2D eigenvalue weighted by Crippen LogP contribution is -2.47. The molecule has 2 aliphatic rings. The highest BCUT2D eigenvalue weighted by Gasteiger charge is 2.55. The summed E-state index contributed by atoms with van der Waals surface area (Å²) in [4.78, 5) is 28.6. The van der Waals surface area contributed by atoms with Gasteiger partial charge in [-0.25, -0.2) is 0 Å². The van der Waals surface area contributed by atoms with Crippen LogP contribution in [0.1, 0.15) is 23.0 Å². The van der Waals surface area contributed by atoms with Gasteiger partial charge in [-0.1, -0.05) is 72.8 Å². The molecule has 1 aliphatic heterocycles. The molecule has 0 unspecified atom stereocenters. The SMILES string of the molecule is C[N+](C)(CC#N)CCN1C(=O)[C@@H]2[C@@H](C1=O)[C@@H](c1ccccc1)C=C[C@@H]2c1ccccc1. The lowest BCUT2D eigenvalue weighted by molar-refractivity contribution is -0.882. The third kappa shape index (κ3) is 4.04. The number of likely N-dealkylation sites (tertiary alicyclic amines) is 1. The Labute approximate surface area is 183 Å². The van der Waals surface area contributed by atoms with Crippen LogP contribution < -0.4 is 0 Å². The first-order chi connectivity index (χ1) is 14.9. The largest absolute Gasteiger partial charge is 0.315 e. The van der Waals surface area contributed by atoms with Crippen LogP contribution >= 0.6 is 0 Å². The molecular formula is C26H28N3O2+. The molecule has 0 spiro atoms. The Balaban J connectivity index is 1.69. The number of benzene rings is 2. The number of fused-ring (bicyclic) bond motifs is 1. The van der Waals surface area contributed by atoms with Crippen molar-refractivity contribution in [2.75, 3.05) is 33.7 Å². The molecule has 0 radical (unpaired) electrons. The van der Waals surface area contributed by atoms with Crippen molar-refractivity contribution in [3.63, 3.8) is 0 Å². The molecule has 2 amide bonds. The summed E-state index contributed by atoms with van der Waals surface area (Å²) in [6.07, 6.45) is 4.22. The van der Waals surface area contributed by atoms with Crippen LogP contribution in [0.2, 0.25) is 0 Å². The number of carbonyl (C=O) groups is 2. The van der Waals surface area contributed by atoms with E-state index >= 15 is 0 Å². The van der Waals surface area contributed by atoms with Gasteiger partial charge in [0.15, 0.2) is 6.54 Å². The maximum atomic E-state index is 13.6. The molecule has 4 atom stereocenters. The third-order valence-electron chi connectivity index (χ3n) is 6.59. The topological polar surface area (TPSA) is 61.2 Å². The van der Waals surface area contributed by atoms with Crippen LogP contribution in [0.4, 0.5) is 0 Å². The zero-order valence-corrected chi connectivity index (χ0v) is 18.0.